The number of piperazine rings is 1. The third-order valence-electron chi connectivity index (χ3n) is 6.94. The zero-order chi connectivity index (χ0) is 25.8. The van der Waals surface area contributed by atoms with Crippen molar-refractivity contribution in [2.45, 2.75) is 26.8 Å². The van der Waals surface area contributed by atoms with E-state index in [0.717, 1.165) is 49.4 Å². The van der Waals surface area contributed by atoms with E-state index in [1.54, 1.807) is 6.07 Å². The van der Waals surface area contributed by atoms with E-state index in [1.807, 2.05) is 18.2 Å². The molecule has 192 valence electrons. The number of aromatic nitrogens is 1. The fourth-order valence-corrected chi connectivity index (χ4v) is 4.90. The minimum atomic E-state index is -0.651. The summed E-state index contributed by atoms with van der Waals surface area (Å²) >= 11 is 0. The second kappa shape index (κ2) is 11.0. The van der Waals surface area contributed by atoms with E-state index in [9.17, 15) is 9.59 Å². The Morgan fingerprint density at radius 1 is 0.919 bits per heavy atom. The number of amides is 1. The lowest BCUT2D eigenvalue weighted by Crippen LogP contribution is -2.46. The minimum Gasteiger partial charge on any atom is -0.405 e. The highest BCUT2D eigenvalue weighted by Gasteiger charge is 2.23. The first-order valence-electron chi connectivity index (χ1n) is 13.0. The molecule has 1 N–H and O–H groups in total. The molecule has 5 rings (SSSR count). The molecule has 37 heavy (non-hydrogen) atoms. The van der Waals surface area contributed by atoms with Gasteiger partial charge >= 0.3 is 11.8 Å². The molecule has 0 saturated carbocycles. The highest BCUT2D eigenvalue weighted by Crippen LogP contribution is 2.28. The number of nitrogens with zero attached hydrogens (tertiary/aromatic N) is 3. The van der Waals surface area contributed by atoms with Gasteiger partial charge in [0.2, 0.25) is 0 Å². The molecule has 1 aromatic heterocycles. The number of rotatable bonds is 7. The van der Waals surface area contributed by atoms with Crippen LogP contribution in [0.25, 0.3) is 22.2 Å². The average molecular weight is 499 g/mol. The summed E-state index contributed by atoms with van der Waals surface area (Å²) in [4.78, 5) is 30.0. The highest BCUT2D eigenvalue weighted by molar-refractivity contribution is 5.94. The average Bonchev–Trinajstić information content (AvgIpc) is 3.25. The molecule has 3 aromatic carbocycles. The van der Waals surface area contributed by atoms with E-state index in [0.29, 0.717) is 23.6 Å². The van der Waals surface area contributed by atoms with Gasteiger partial charge in [0, 0.05) is 39.3 Å². The number of anilines is 1. The van der Waals surface area contributed by atoms with Gasteiger partial charge in [-0.2, -0.15) is 4.57 Å². The predicted octanol–water partition coefficient (Wildman–Crippen LogP) is 5.19. The Labute approximate surface area is 217 Å². The maximum Gasteiger partial charge on any atom is 0.428 e. The van der Waals surface area contributed by atoms with Gasteiger partial charge in [-0.05, 0) is 47.2 Å². The summed E-state index contributed by atoms with van der Waals surface area (Å²) in [5, 5.41) is 2.84. The fraction of sp³-hybridized carbons (Fsp3) is 0.333. The zero-order valence-electron chi connectivity index (χ0n) is 21.5. The summed E-state index contributed by atoms with van der Waals surface area (Å²) in [7, 11) is 0. The summed E-state index contributed by atoms with van der Waals surface area (Å²) in [5.41, 5.74) is 5.58. The molecule has 0 spiro atoms. The number of hydrogen-bond donors (Lipinski definition) is 1. The smallest absolute Gasteiger partial charge is 0.405 e. The number of para-hydroxylation sites is 1. The van der Waals surface area contributed by atoms with Crippen LogP contribution in [0.5, 0.6) is 0 Å². The number of hydrogen-bond acceptors (Lipinski definition) is 5. The second-order valence-electron chi connectivity index (χ2n) is 10.1. The highest BCUT2D eigenvalue weighted by atomic mass is 16.4. The van der Waals surface area contributed by atoms with Crippen LogP contribution in [-0.2, 0) is 6.54 Å². The van der Waals surface area contributed by atoms with Crippen LogP contribution in [-0.4, -0.2) is 48.2 Å². The van der Waals surface area contributed by atoms with Crippen molar-refractivity contribution in [2.75, 3.05) is 37.6 Å². The van der Waals surface area contributed by atoms with Crippen molar-refractivity contribution in [2.24, 2.45) is 5.92 Å². The molecule has 7 nitrogen and oxygen atoms in total. The van der Waals surface area contributed by atoms with Gasteiger partial charge in [-0.1, -0.05) is 68.4 Å². The molecule has 1 saturated heterocycles. The van der Waals surface area contributed by atoms with Crippen molar-refractivity contribution < 1.29 is 9.21 Å². The van der Waals surface area contributed by atoms with Gasteiger partial charge in [-0.15, -0.1) is 0 Å². The Hall–Kier alpha value is -3.84. The van der Waals surface area contributed by atoms with Gasteiger partial charge in [-0.3, -0.25) is 4.90 Å². The van der Waals surface area contributed by atoms with E-state index in [1.165, 1.54) is 16.7 Å². The number of oxazole rings is 1. The lowest BCUT2D eigenvalue weighted by Gasteiger charge is -2.36. The van der Waals surface area contributed by atoms with Gasteiger partial charge in [0.05, 0.1) is 5.69 Å². The summed E-state index contributed by atoms with van der Waals surface area (Å²) in [6.45, 7) is 9.02. The number of fused-ring (bicyclic) bond motifs is 1. The van der Waals surface area contributed by atoms with Gasteiger partial charge in [0.15, 0.2) is 5.58 Å². The topological polar surface area (TPSA) is 70.7 Å². The zero-order valence-corrected chi connectivity index (χ0v) is 21.5. The van der Waals surface area contributed by atoms with Crippen LogP contribution in [0.1, 0.15) is 25.8 Å². The van der Waals surface area contributed by atoms with Gasteiger partial charge in [0.1, 0.15) is 5.52 Å². The number of carbonyl (C=O) groups excluding carboxylic acids is 1. The van der Waals surface area contributed by atoms with Crippen LogP contribution in [0.3, 0.4) is 0 Å². The van der Waals surface area contributed by atoms with Crippen molar-refractivity contribution in [1.29, 1.82) is 0 Å². The molecular weight excluding hydrogens is 464 g/mol. The normalized spacial score (nSPS) is 14.4. The van der Waals surface area contributed by atoms with Crippen LogP contribution in [0.15, 0.2) is 82.0 Å². The van der Waals surface area contributed by atoms with Crippen LogP contribution in [0, 0.1) is 5.92 Å². The van der Waals surface area contributed by atoms with Crippen molar-refractivity contribution in [3.05, 3.63) is 88.9 Å². The molecule has 1 fully saturated rings. The molecular formula is C30H34N4O3. The Morgan fingerprint density at radius 3 is 2.41 bits per heavy atom. The molecule has 0 atom stereocenters. The predicted molar refractivity (Wildman–Crippen MR) is 148 cm³/mol. The van der Waals surface area contributed by atoms with Crippen molar-refractivity contribution in [3.63, 3.8) is 0 Å². The molecule has 0 bridgehead atoms. The maximum atomic E-state index is 12.7. The molecule has 0 radical (unpaired) electrons. The van der Waals surface area contributed by atoms with E-state index in [-0.39, 0.29) is 0 Å². The first kappa shape index (κ1) is 24.8. The van der Waals surface area contributed by atoms with Gasteiger partial charge < -0.3 is 14.6 Å². The largest absolute Gasteiger partial charge is 0.428 e. The molecule has 0 unspecified atom stereocenters. The standard InChI is InChI=1S/C30H34N4O3/c1-22(2)14-15-31-29(35)34-27-13-7-12-26(28(27)37-30(34)36)33-18-16-32(17-19-33)21-23-8-6-11-25(20-23)24-9-4-3-5-10-24/h3-13,20,22H,14-19,21H2,1-2H3,(H,31,35). The monoisotopic (exact) mass is 498 g/mol. The fourth-order valence-electron chi connectivity index (χ4n) is 4.90. The third-order valence-corrected chi connectivity index (χ3v) is 6.94. The van der Waals surface area contributed by atoms with Crippen molar-refractivity contribution in [1.82, 2.24) is 14.8 Å². The minimum absolute atomic E-state index is 0.441. The Morgan fingerprint density at radius 2 is 1.65 bits per heavy atom. The van der Waals surface area contributed by atoms with Crippen molar-refractivity contribution in [3.8, 4) is 11.1 Å². The molecule has 1 aliphatic heterocycles. The molecule has 1 amide bonds. The summed E-state index contributed by atoms with van der Waals surface area (Å²) in [5.74, 6) is -0.183. The lowest BCUT2D eigenvalue weighted by atomic mass is 10.0. The first-order chi connectivity index (χ1) is 18.0. The van der Waals surface area contributed by atoms with E-state index >= 15 is 0 Å². The summed E-state index contributed by atoms with van der Waals surface area (Å²) in [6.07, 6.45) is 0.850. The Kier molecular flexibility index (Phi) is 7.42. The van der Waals surface area contributed by atoms with E-state index < -0.39 is 11.8 Å². The maximum absolute atomic E-state index is 12.7. The number of nitrogens with one attached hydrogen (secondary N) is 1. The lowest BCUT2D eigenvalue weighted by molar-refractivity contribution is 0.240. The SMILES string of the molecule is CC(C)CCNC(=O)n1c(=O)oc2c(N3CCN(Cc4cccc(-c5ccccc5)c4)CC3)cccc21. The Bertz CT molecular complexity index is 1420. The molecule has 1 aliphatic rings. The van der Waals surface area contributed by atoms with Crippen LogP contribution in [0.4, 0.5) is 10.5 Å². The van der Waals surface area contributed by atoms with Crippen LogP contribution < -0.4 is 16.0 Å². The van der Waals surface area contributed by atoms with Crippen molar-refractivity contribution >= 4 is 22.8 Å². The molecule has 0 aliphatic carbocycles. The first-order valence-corrected chi connectivity index (χ1v) is 13.0. The van der Waals surface area contributed by atoms with Crippen LogP contribution in [0.2, 0.25) is 0 Å². The van der Waals surface area contributed by atoms with Gasteiger partial charge in [-0.25, -0.2) is 9.59 Å². The van der Waals surface area contributed by atoms with Gasteiger partial charge in [0.25, 0.3) is 0 Å². The molecule has 2 heterocycles. The molecule has 7 heteroatoms. The van der Waals surface area contributed by atoms with Crippen LogP contribution >= 0.6 is 0 Å². The quantitative estimate of drug-likeness (QED) is 0.380. The summed E-state index contributed by atoms with van der Waals surface area (Å²) in [6, 6.07) is 24.4. The Balaban J connectivity index is 1.26. The van der Waals surface area contributed by atoms with E-state index in [2.05, 4.69) is 77.5 Å². The third kappa shape index (κ3) is 5.62. The number of benzene rings is 3. The second-order valence-corrected chi connectivity index (χ2v) is 10.1. The number of carbonyl (C=O) groups is 1. The molecule has 4 aromatic rings. The van der Waals surface area contributed by atoms with E-state index in [4.69, 9.17) is 4.42 Å². The summed E-state index contributed by atoms with van der Waals surface area (Å²) < 4.78 is 6.71.